The maximum atomic E-state index is 12.3. The topological polar surface area (TPSA) is 75.5 Å². The van der Waals surface area contributed by atoms with Crippen molar-refractivity contribution in [2.24, 2.45) is 0 Å². The van der Waals surface area contributed by atoms with Crippen molar-refractivity contribution in [3.63, 3.8) is 0 Å². The van der Waals surface area contributed by atoms with E-state index in [-0.39, 0.29) is 11.3 Å². The zero-order valence-corrected chi connectivity index (χ0v) is 13.3. The molecule has 0 bridgehead atoms. The molecule has 0 atom stereocenters. The maximum Gasteiger partial charge on any atom is 0.282 e. The lowest BCUT2D eigenvalue weighted by Crippen LogP contribution is -2.29. The maximum absolute atomic E-state index is 12.3. The Balaban J connectivity index is 1.72. The van der Waals surface area contributed by atoms with E-state index in [0.29, 0.717) is 5.69 Å². The quantitative estimate of drug-likeness (QED) is 0.684. The molecule has 6 nitrogen and oxygen atoms in total. The number of nitrogens with zero attached hydrogens (tertiary/aromatic N) is 2. The van der Waals surface area contributed by atoms with Gasteiger partial charge in [-0.1, -0.05) is 12.1 Å². The van der Waals surface area contributed by atoms with Gasteiger partial charge in [0.15, 0.2) is 0 Å². The van der Waals surface area contributed by atoms with Gasteiger partial charge in [-0.3, -0.25) is 14.9 Å². The van der Waals surface area contributed by atoms with E-state index in [1.807, 2.05) is 24.3 Å². The number of benzene rings is 2. The third-order valence-corrected chi connectivity index (χ3v) is 4.19. The number of para-hydroxylation sites is 1. The van der Waals surface area contributed by atoms with E-state index < -0.39 is 10.8 Å². The van der Waals surface area contributed by atoms with Gasteiger partial charge in [0.25, 0.3) is 11.6 Å². The summed E-state index contributed by atoms with van der Waals surface area (Å²) in [4.78, 5) is 25.1. The van der Waals surface area contributed by atoms with Gasteiger partial charge in [-0.25, -0.2) is 0 Å². The number of hydrogen-bond donors (Lipinski definition) is 1. The van der Waals surface area contributed by atoms with E-state index in [1.54, 1.807) is 12.1 Å². The Labute approximate surface area is 140 Å². The van der Waals surface area contributed by atoms with E-state index in [4.69, 9.17) is 0 Å². The molecule has 124 valence electrons. The highest BCUT2D eigenvalue weighted by atomic mass is 16.6. The van der Waals surface area contributed by atoms with Gasteiger partial charge in [-0.05, 0) is 49.6 Å². The molecule has 0 unspecified atom stereocenters. The number of piperidine rings is 1. The highest BCUT2D eigenvalue weighted by Gasteiger charge is 2.19. The Kier molecular flexibility index (Phi) is 4.74. The molecule has 0 saturated carbocycles. The fraction of sp³-hybridized carbons (Fsp3) is 0.278. The van der Waals surface area contributed by atoms with Gasteiger partial charge in [0.1, 0.15) is 5.56 Å². The minimum absolute atomic E-state index is 0.0580. The third kappa shape index (κ3) is 3.53. The number of rotatable bonds is 4. The second-order valence-electron chi connectivity index (χ2n) is 5.82. The van der Waals surface area contributed by atoms with Crippen LogP contribution in [0.15, 0.2) is 48.5 Å². The van der Waals surface area contributed by atoms with E-state index >= 15 is 0 Å². The van der Waals surface area contributed by atoms with Gasteiger partial charge < -0.3 is 10.2 Å². The lowest BCUT2D eigenvalue weighted by molar-refractivity contribution is -0.385. The first-order valence-corrected chi connectivity index (χ1v) is 8.05. The number of hydrogen-bond acceptors (Lipinski definition) is 4. The molecule has 1 aliphatic heterocycles. The molecular formula is C18H19N3O3. The summed E-state index contributed by atoms with van der Waals surface area (Å²) in [5.74, 6) is -0.479. The van der Waals surface area contributed by atoms with Crippen LogP contribution in [0.2, 0.25) is 0 Å². The molecule has 0 radical (unpaired) electrons. The van der Waals surface area contributed by atoms with Crippen LogP contribution in [0, 0.1) is 10.1 Å². The lowest BCUT2D eigenvalue weighted by Gasteiger charge is -2.28. The van der Waals surface area contributed by atoms with Gasteiger partial charge in [0.05, 0.1) is 4.92 Å². The van der Waals surface area contributed by atoms with Crippen molar-refractivity contribution in [2.45, 2.75) is 19.3 Å². The molecule has 0 aliphatic carbocycles. The molecule has 1 aliphatic rings. The number of carbonyl (C=O) groups is 1. The number of amides is 1. The predicted octanol–water partition coefficient (Wildman–Crippen LogP) is 3.84. The highest BCUT2D eigenvalue weighted by Crippen LogP contribution is 2.23. The second kappa shape index (κ2) is 7.12. The van der Waals surface area contributed by atoms with Crippen LogP contribution in [0.4, 0.5) is 17.1 Å². The number of nitrogens with one attached hydrogen (secondary N) is 1. The molecule has 1 amide bonds. The van der Waals surface area contributed by atoms with Gasteiger partial charge in [0.2, 0.25) is 0 Å². The van der Waals surface area contributed by atoms with Crippen LogP contribution in [0.3, 0.4) is 0 Å². The molecule has 0 aromatic heterocycles. The fourth-order valence-electron chi connectivity index (χ4n) is 2.93. The van der Waals surface area contributed by atoms with Gasteiger partial charge in [-0.15, -0.1) is 0 Å². The average Bonchev–Trinajstić information content (AvgIpc) is 2.63. The third-order valence-electron chi connectivity index (χ3n) is 4.19. The molecule has 1 fully saturated rings. The Morgan fingerprint density at radius 1 is 1.00 bits per heavy atom. The highest BCUT2D eigenvalue weighted by molar-refractivity contribution is 6.07. The van der Waals surface area contributed by atoms with Crippen molar-refractivity contribution in [1.82, 2.24) is 0 Å². The molecule has 2 aromatic carbocycles. The molecule has 1 N–H and O–H groups in total. The minimum Gasteiger partial charge on any atom is -0.372 e. The van der Waals surface area contributed by atoms with Crippen LogP contribution in [-0.2, 0) is 0 Å². The number of nitro groups is 1. The minimum atomic E-state index is -0.547. The Hall–Kier alpha value is -2.89. The largest absolute Gasteiger partial charge is 0.372 e. The molecule has 0 spiro atoms. The van der Waals surface area contributed by atoms with Crippen molar-refractivity contribution in [1.29, 1.82) is 0 Å². The number of anilines is 2. The van der Waals surface area contributed by atoms with Crippen molar-refractivity contribution in [2.75, 3.05) is 23.3 Å². The number of carbonyl (C=O) groups excluding carboxylic acids is 1. The zero-order valence-electron chi connectivity index (χ0n) is 13.3. The molecular weight excluding hydrogens is 306 g/mol. The normalized spacial score (nSPS) is 14.2. The summed E-state index contributed by atoms with van der Waals surface area (Å²) in [6, 6.07) is 13.5. The molecule has 6 heteroatoms. The molecule has 1 saturated heterocycles. The van der Waals surface area contributed by atoms with E-state index in [9.17, 15) is 14.9 Å². The lowest BCUT2D eigenvalue weighted by atomic mass is 10.1. The van der Waals surface area contributed by atoms with Crippen LogP contribution in [0.5, 0.6) is 0 Å². The molecule has 3 rings (SSSR count). The van der Waals surface area contributed by atoms with Gasteiger partial charge in [0, 0.05) is 30.5 Å². The van der Waals surface area contributed by atoms with Crippen LogP contribution in [-0.4, -0.2) is 23.9 Å². The monoisotopic (exact) mass is 325 g/mol. The van der Waals surface area contributed by atoms with Crippen molar-refractivity contribution >= 4 is 23.0 Å². The first kappa shape index (κ1) is 16.0. The first-order chi connectivity index (χ1) is 11.6. The van der Waals surface area contributed by atoms with E-state index in [1.165, 1.54) is 31.4 Å². The summed E-state index contributed by atoms with van der Waals surface area (Å²) in [6.07, 6.45) is 3.69. The zero-order chi connectivity index (χ0) is 16.9. The molecule has 24 heavy (non-hydrogen) atoms. The predicted molar refractivity (Wildman–Crippen MR) is 93.6 cm³/mol. The van der Waals surface area contributed by atoms with Crippen LogP contribution < -0.4 is 10.2 Å². The van der Waals surface area contributed by atoms with Crippen molar-refractivity contribution < 1.29 is 9.72 Å². The number of nitro benzene ring substituents is 1. The average molecular weight is 325 g/mol. The van der Waals surface area contributed by atoms with Gasteiger partial charge in [-0.2, -0.15) is 0 Å². The summed E-state index contributed by atoms with van der Waals surface area (Å²) >= 11 is 0. The summed E-state index contributed by atoms with van der Waals surface area (Å²) in [6.45, 7) is 2.11. The molecule has 1 heterocycles. The SMILES string of the molecule is O=C(Nc1ccc(N2CCCCC2)cc1)c1ccccc1[N+](=O)[O-]. The Bertz CT molecular complexity index is 737. The first-order valence-electron chi connectivity index (χ1n) is 8.05. The summed E-state index contributed by atoms with van der Waals surface area (Å²) in [5, 5.41) is 13.7. The smallest absolute Gasteiger partial charge is 0.282 e. The van der Waals surface area contributed by atoms with Crippen LogP contribution in [0.25, 0.3) is 0 Å². The summed E-state index contributed by atoms with van der Waals surface area (Å²) < 4.78 is 0. The fourth-order valence-corrected chi connectivity index (χ4v) is 2.93. The van der Waals surface area contributed by atoms with Gasteiger partial charge >= 0.3 is 0 Å². The molecule has 2 aromatic rings. The Morgan fingerprint density at radius 2 is 1.67 bits per heavy atom. The second-order valence-corrected chi connectivity index (χ2v) is 5.82. The summed E-state index contributed by atoms with van der Waals surface area (Å²) in [7, 11) is 0. The van der Waals surface area contributed by atoms with E-state index in [2.05, 4.69) is 10.2 Å². The van der Waals surface area contributed by atoms with Crippen molar-refractivity contribution in [3.8, 4) is 0 Å². The van der Waals surface area contributed by atoms with Crippen LogP contribution in [0.1, 0.15) is 29.6 Å². The standard InChI is InChI=1S/C18H19N3O3/c22-18(16-6-2-3-7-17(16)21(23)24)19-14-8-10-15(11-9-14)20-12-4-1-5-13-20/h2-3,6-11H,1,4-5,12-13H2,(H,19,22). The van der Waals surface area contributed by atoms with Crippen LogP contribution >= 0.6 is 0 Å². The van der Waals surface area contributed by atoms with Crippen molar-refractivity contribution in [3.05, 3.63) is 64.2 Å². The Morgan fingerprint density at radius 3 is 2.33 bits per heavy atom. The van der Waals surface area contributed by atoms with E-state index in [0.717, 1.165) is 18.8 Å². The summed E-state index contributed by atoms with van der Waals surface area (Å²) in [5.41, 5.74) is 1.62.